The van der Waals surface area contributed by atoms with E-state index in [0.29, 0.717) is 12.5 Å². The number of hydrogen-bond acceptors (Lipinski definition) is 2. The molecule has 0 N–H and O–H groups in total. The van der Waals surface area contributed by atoms with Crippen LogP contribution in [0.3, 0.4) is 0 Å². The lowest BCUT2D eigenvalue weighted by Gasteiger charge is -2.22. The molecule has 86 valence electrons. The summed E-state index contributed by atoms with van der Waals surface area (Å²) in [7, 11) is 4.21. The molecule has 0 aromatic carbocycles. The highest BCUT2D eigenvalue weighted by Gasteiger charge is 2.18. The SMILES string of the molecule is CCC(=O)N=C1CCCCC(N(C)C)C1. The molecule has 0 spiro atoms. The normalized spacial score (nSPS) is 25.6. The van der Waals surface area contributed by atoms with Crippen molar-refractivity contribution in [2.75, 3.05) is 14.1 Å². The molecule has 0 aliphatic heterocycles. The largest absolute Gasteiger partial charge is 0.306 e. The highest BCUT2D eigenvalue weighted by Crippen LogP contribution is 2.19. The molecule has 15 heavy (non-hydrogen) atoms. The van der Waals surface area contributed by atoms with Crippen molar-refractivity contribution in [2.24, 2.45) is 4.99 Å². The summed E-state index contributed by atoms with van der Waals surface area (Å²) < 4.78 is 0. The van der Waals surface area contributed by atoms with Crippen LogP contribution in [0.5, 0.6) is 0 Å². The van der Waals surface area contributed by atoms with Crippen molar-refractivity contribution >= 4 is 11.6 Å². The Morgan fingerprint density at radius 3 is 2.80 bits per heavy atom. The number of hydrogen-bond donors (Lipinski definition) is 0. The van der Waals surface area contributed by atoms with E-state index in [1.807, 2.05) is 6.92 Å². The van der Waals surface area contributed by atoms with Gasteiger partial charge in [0, 0.05) is 24.6 Å². The Hall–Kier alpha value is -0.700. The topological polar surface area (TPSA) is 32.7 Å². The lowest BCUT2D eigenvalue weighted by molar-refractivity contribution is -0.117. The molecule has 0 heterocycles. The Bertz CT molecular complexity index is 246. The van der Waals surface area contributed by atoms with Gasteiger partial charge in [-0.3, -0.25) is 4.79 Å². The molecule has 0 aromatic heterocycles. The molecule has 0 radical (unpaired) electrons. The molecule has 1 amide bonds. The second-order valence-corrected chi connectivity index (χ2v) is 4.49. The van der Waals surface area contributed by atoms with E-state index in [1.54, 1.807) is 0 Å². The number of nitrogens with zero attached hydrogens (tertiary/aromatic N) is 2. The third kappa shape index (κ3) is 4.12. The van der Waals surface area contributed by atoms with Crippen LogP contribution in [0.25, 0.3) is 0 Å². The smallest absolute Gasteiger partial charge is 0.245 e. The zero-order valence-electron chi connectivity index (χ0n) is 10.1. The van der Waals surface area contributed by atoms with Gasteiger partial charge in [0.1, 0.15) is 0 Å². The van der Waals surface area contributed by atoms with Gasteiger partial charge in [0.2, 0.25) is 5.91 Å². The number of aliphatic imine (C=N–C) groups is 1. The molecule has 1 unspecified atom stereocenters. The maximum absolute atomic E-state index is 11.3. The van der Waals surface area contributed by atoms with E-state index < -0.39 is 0 Å². The van der Waals surface area contributed by atoms with E-state index in [1.165, 1.54) is 19.3 Å². The number of amides is 1. The Balaban J connectivity index is 2.64. The second-order valence-electron chi connectivity index (χ2n) is 4.49. The minimum atomic E-state index is 0.0319. The van der Waals surface area contributed by atoms with E-state index in [-0.39, 0.29) is 5.91 Å². The van der Waals surface area contributed by atoms with Gasteiger partial charge in [0.15, 0.2) is 0 Å². The van der Waals surface area contributed by atoms with Crippen LogP contribution in [0.15, 0.2) is 4.99 Å². The molecule has 1 saturated carbocycles. The maximum Gasteiger partial charge on any atom is 0.245 e. The Morgan fingerprint density at radius 1 is 1.47 bits per heavy atom. The van der Waals surface area contributed by atoms with Crippen LogP contribution in [0.1, 0.15) is 45.4 Å². The lowest BCUT2D eigenvalue weighted by atomic mass is 10.1. The van der Waals surface area contributed by atoms with Crippen LogP contribution >= 0.6 is 0 Å². The third-order valence-corrected chi connectivity index (χ3v) is 3.04. The molecule has 0 aromatic rings. The minimum Gasteiger partial charge on any atom is -0.306 e. The molecule has 1 aliphatic carbocycles. The van der Waals surface area contributed by atoms with Crippen LogP contribution in [0.4, 0.5) is 0 Å². The minimum absolute atomic E-state index is 0.0319. The summed E-state index contributed by atoms with van der Waals surface area (Å²) in [6, 6.07) is 0.566. The zero-order valence-corrected chi connectivity index (χ0v) is 10.1. The summed E-state index contributed by atoms with van der Waals surface area (Å²) in [4.78, 5) is 17.7. The fourth-order valence-electron chi connectivity index (χ4n) is 1.98. The Kier molecular flexibility index (Phi) is 4.95. The fourth-order valence-corrected chi connectivity index (χ4v) is 1.98. The van der Waals surface area contributed by atoms with Gasteiger partial charge < -0.3 is 4.90 Å². The predicted octanol–water partition coefficient (Wildman–Crippen LogP) is 2.26. The summed E-state index contributed by atoms with van der Waals surface area (Å²) >= 11 is 0. The van der Waals surface area contributed by atoms with E-state index >= 15 is 0 Å². The first-order valence-corrected chi connectivity index (χ1v) is 5.89. The molecular formula is C12H22N2O. The number of carbonyl (C=O) groups excluding carboxylic acids is 1. The van der Waals surface area contributed by atoms with Gasteiger partial charge in [-0.15, -0.1) is 0 Å². The first-order chi connectivity index (χ1) is 7.13. The molecule has 1 atom stereocenters. The molecule has 1 rings (SSSR count). The van der Waals surface area contributed by atoms with Crippen LogP contribution in [0.2, 0.25) is 0 Å². The van der Waals surface area contributed by atoms with Gasteiger partial charge in [-0.25, -0.2) is 4.99 Å². The average molecular weight is 210 g/mol. The molecular weight excluding hydrogens is 188 g/mol. The van der Waals surface area contributed by atoms with E-state index in [4.69, 9.17) is 0 Å². The number of carbonyl (C=O) groups is 1. The van der Waals surface area contributed by atoms with Gasteiger partial charge in [0.05, 0.1) is 0 Å². The van der Waals surface area contributed by atoms with Crippen LogP contribution < -0.4 is 0 Å². The van der Waals surface area contributed by atoms with Crippen molar-refractivity contribution in [1.82, 2.24) is 4.90 Å². The monoisotopic (exact) mass is 210 g/mol. The highest BCUT2D eigenvalue weighted by atomic mass is 16.1. The van der Waals surface area contributed by atoms with Crippen molar-refractivity contribution in [2.45, 2.75) is 51.5 Å². The summed E-state index contributed by atoms with van der Waals surface area (Å²) in [5.74, 6) is 0.0319. The molecule has 0 bridgehead atoms. The van der Waals surface area contributed by atoms with Gasteiger partial charge in [-0.2, -0.15) is 0 Å². The van der Waals surface area contributed by atoms with Gasteiger partial charge >= 0.3 is 0 Å². The third-order valence-electron chi connectivity index (χ3n) is 3.04. The van der Waals surface area contributed by atoms with Crippen molar-refractivity contribution in [1.29, 1.82) is 0 Å². The van der Waals surface area contributed by atoms with Crippen LogP contribution in [-0.4, -0.2) is 36.7 Å². The maximum atomic E-state index is 11.3. The van der Waals surface area contributed by atoms with E-state index in [9.17, 15) is 4.79 Å². The van der Waals surface area contributed by atoms with Gasteiger partial charge in [-0.1, -0.05) is 13.3 Å². The quantitative estimate of drug-likeness (QED) is 0.655. The van der Waals surface area contributed by atoms with Crippen LogP contribution in [0, 0.1) is 0 Å². The summed E-state index contributed by atoms with van der Waals surface area (Å²) in [5, 5.41) is 0. The summed E-state index contributed by atoms with van der Waals surface area (Å²) in [6.07, 6.45) is 6.17. The van der Waals surface area contributed by atoms with Crippen molar-refractivity contribution in [3.63, 3.8) is 0 Å². The van der Waals surface area contributed by atoms with Gasteiger partial charge in [0.25, 0.3) is 0 Å². The first-order valence-electron chi connectivity index (χ1n) is 5.89. The highest BCUT2D eigenvalue weighted by molar-refractivity contribution is 5.96. The zero-order chi connectivity index (χ0) is 11.3. The molecule has 1 fully saturated rings. The van der Waals surface area contributed by atoms with Crippen molar-refractivity contribution < 1.29 is 4.79 Å². The standard InChI is InChI=1S/C12H22N2O/c1-4-12(15)13-10-7-5-6-8-11(9-10)14(2)3/h11H,4-9H2,1-3H3. The predicted molar refractivity (Wildman–Crippen MR) is 63.3 cm³/mol. The lowest BCUT2D eigenvalue weighted by Crippen LogP contribution is -2.29. The van der Waals surface area contributed by atoms with Crippen molar-refractivity contribution in [3.8, 4) is 0 Å². The first kappa shape index (κ1) is 12.4. The average Bonchev–Trinajstić information content (AvgIpc) is 2.43. The number of rotatable bonds is 2. The van der Waals surface area contributed by atoms with E-state index in [2.05, 4.69) is 24.0 Å². The molecule has 1 aliphatic rings. The summed E-state index contributed by atoms with van der Waals surface area (Å²) in [6.45, 7) is 1.87. The molecule has 3 nitrogen and oxygen atoms in total. The Labute approximate surface area is 92.6 Å². The van der Waals surface area contributed by atoms with E-state index in [0.717, 1.165) is 18.6 Å². The summed E-state index contributed by atoms with van der Waals surface area (Å²) in [5.41, 5.74) is 1.11. The van der Waals surface area contributed by atoms with Crippen LogP contribution in [-0.2, 0) is 4.79 Å². The molecule has 0 saturated heterocycles. The molecule has 3 heteroatoms. The Morgan fingerprint density at radius 2 is 2.20 bits per heavy atom. The van der Waals surface area contributed by atoms with Gasteiger partial charge in [-0.05, 0) is 33.4 Å². The second kappa shape index (κ2) is 6.01. The fraction of sp³-hybridized carbons (Fsp3) is 0.833. The van der Waals surface area contributed by atoms with Crippen molar-refractivity contribution in [3.05, 3.63) is 0 Å².